The topological polar surface area (TPSA) is 76.0 Å². The van der Waals surface area contributed by atoms with E-state index in [1.807, 2.05) is 0 Å². The van der Waals surface area contributed by atoms with Gasteiger partial charge in [-0.05, 0) is 13.8 Å². The average molecular weight is 244 g/mol. The zero-order valence-corrected chi connectivity index (χ0v) is 10.3. The van der Waals surface area contributed by atoms with Gasteiger partial charge in [0.15, 0.2) is 0 Å². The van der Waals surface area contributed by atoms with Crippen LogP contribution < -0.4 is 0 Å². The van der Waals surface area contributed by atoms with Crippen LogP contribution in [0.1, 0.15) is 33.1 Å². The van der Waals surface area contributed by atoms with Crippen molar-refractivity contribution in [2.24, 2.45) is 0 Å². The molecule has 0 aromatic rings. The van der Waals surface area contributed by atoms with Crippen molar-refractivity contribution in [3.8, 4) is 0 Å². The van der Waals surface area contributed by atoms with Crippen molar-refractivity contribution in [3.63, 3.8) is 0 Å². The maximum absolute atomic E-state index is 10.8. The van der Waals surface area contributed by atoms with E-state index in [0.717, 1.165) is 0 Å². The van der Waals surface area contributed by atoms with E-state index in [-0.39, 0.29) is 18.3 Å². The van der Waals surface area contributed by atoms with Crippen molar-refractivity contribution in [3.05, 3.63) is 12.3 Å². The van der Waals surface area contributed by atoms with Gasteiger partial charge >= 0.3 is 0 Å². The third-order valence-corrected chi connectivity index (χ3v) is 2.73. The molecule has 17 heavy (non-hydrogen) atoms. The molecule has 0 aromatic heterocycles. The highest BCUT2D eigenvalue weighted by atomic mass is 16.7. The molecule has 1 aliphatic rings. The van der Waals surface area contributed by atoms with E-state index in [2.05, 4.69) is 6.58 Å². The number of carbonyl (C=O) groups is 1. The van der Waals surface area contributed by atoms with Crippen LogP contribution in [-0.4, -0.2) is 40.6 Å². The number of ether oxygens (including phenoxy) is 2. The largest absolute Gasteiger partial charge is 0.467 e. The van der Waals surface area contributed by atoms with Crippen LogP contribution in [0.15, 0.2) is 12.3 Å². The molecule has 0 bridgehead atoms. The Kier molecular flexibility index (Phi) is 5.11. The second kappa shape index (κ2) is 6.14. The number of hydrogen-bond donors (Lipinski definition) is 2. The molecule has 5 nitrogen and oxygen atoms in total. The fourth-order valence-electron chi connectivity index (χ4n) is 1.59. The Morgan fingerprint density at radius 1 is 1.41 bits per heavy atom. The van der Waals surface area contributed by atoms with E-state index in [1.54, 1.807) is 6.92 Å². The maximum Gasteiger partial charge on any atom is 0.225 e. The molecule has 0 amide bonds. The predicted octanol–water partition coefficient (Wildman–Crippen LogP) is 0.743. The van der Waals surface area contributed by atoms with E-state index in [1.165, 1.54) is 6.92 Å². The summed E-state index contributed by atoms with van der Waals surface area (Å²) in [4.78, 5) is 10.8. The number of aliphatic hydroxyl groups is 2. The lowest BCUT2D eigenvalue weighted by Crippen LogP contribution is -2.46. The quantitative estimate of drug-likeness (QED) is 0.698. The minimum atomic E-state index is -0.879. The van der Waals surface area contributed by atoms with Gasteiger partial charge in [-0.15, -0.1) is 0 Å². The zero-order chi connectivity index (χ0) is 13.0. The Bertz CT molecular complexity index is 289. The summed E-state index contributed by atoms with van der Waals surface area (Å²) in [5.74, 6) is 0.469. The van der Waals surface area contributed by atoms with Crippen molar-refractivity contribution in [2.45, 2.75) is 57.7 Å². The van der Waals surface area contributed by atoms with Crippen molar-refractivity contribution >= 4 is 5.78 Å². The van der Waals surface area contributed by atoms with Crippen LogP contribution in [-0.2, 0) is 14.3 Å². The van der Waals surface area contributed by atoms with E-state index in [9.17, 15) is 15.0 Å². The highest BCUT2D eigenvalue weighted by Crippen LogP contribution is 2.23. The van der Waals surface area contributed by atoms with Crippen molar-refractivity contribution in [1.29, 1.82) is 0 Å². The Balaban J connectivity index is 2.40. The van der Waals surface area contributed by atoms with E-state index < -0.39 is 18.5 Å². The summed E-state index contributed by atoms with van der Waals surface area (Å²) in [6, 6.07) is 0. The van der Waals surface area contributed by atoms with Gasteiger partial charge in [-0.25, -0.2) is 0 Å². The molecule has 0 aromatic carbocycles. The molecule has 0 saturated carbocycles. The first-order valence-electron chi connectivity index (χ1n) is 5.75. The monoisotopic (exact) mass is 244 g/mol. The lowest BCUT2D eigenvalue weighted by Gasteiger charge is -2.35. The van der Waals surface area contributed by atoms with Crippen LogP contribution in [0.2, 0.25) is 0 Å². The molecule has 2 N–H and O–H groups in total. The van der Waals surface area contributed by atoms with Crippen LogP contribution >= 0.6 is 0 Å². The molecule has 98 valence electrons. The van der Waals surface area contributed by atoms with Gasteiger partial charge in [0.25, 0.3) is 0 Å². The fourth-order valence-corrected chi connectivity index (χ4v) is 1.59. The number of aliphatic hydroxyl groups excluding tert-OH is 2. The third-order valence-electron chi connectivity index (χ3n) is 2.73. The van der Waals surface area contributed by atoms with E-state index in [4.69, 9.17) is 9.47 Å². The molecule has 0 spiro atoms. The molecule has 1 heterocycles. The average Bonchev–Trinajstić information content (AvgIpc) is 2.23. The Morgan fingerprint density at radius 3 is 2.65 bits per heavy atom. The minimum Gasteiger partial charge on any atom is -0.467 e. The van der Waals surface area contributed by atoms with E-state index >= 15 is 0 Å². The number of carbonyl (C=O) groups excluding carboxylic acids is 1. The third kappa shape index (κ3) is 4.46. The summed E-state index contributed by atoms with van der Waals surface area (Å²) in [5.41, 5.74) is 0. The second-order valence-corrected chi connectivity index (χ2v) is 4.44. The zero-order valence-electron chi connectivity index (χ0n) is 10.3. The first-order chi connectivity index (χ1) is 7.90. The number of hydrogen-bond acceptors (Lipinski definition) is 5. The van der Waals surface area contributed by atoms with Crippen LogP contribution in [0, 0.1) is 0 Å². The molecular weight excluding hydrogens is 224 g/mol. The lowest BCUT2D eigenvalue weighted by atomic mass is 10.0. The lowest BCUT2D eigenvalue weighted by molar-refractivity contribution is -0.248. The number of ketones is 1. The summed E-state index contributed by atoms with van der Waals surface area (Å²) in [6.45, 7) is 6.88. The first kappa shape index (κ1) is 14.2. The molecule has 4 atom stereocenters. The van der Waals surface area contributed by atoms with Crippen LogP contribution in [0.3, 0.4) is 0 Å². The molecule has 0 radical (unpaired) electrons. The van der Waals surface area contributed by atoms with Gasteiger partial charge in [0.2, 0.25) is 6.29 Å². The summed E-state index contributed by atoms with van der Waals surface area (Å²) in [6.07, 6.45) is -1.77. The normalized spacial score (nSPS) is 33.2. The second-order valence-electron chi connectivity index (χ2n) is 4.44. The Hall–Kier alpha value is -0.910. The first-order valence-corrected chi connectivity index (χ1v) is 5.75. The molecule has 1 fully saturated rings. The molecule has 1 saturated heterocycles. The molecule has 1 unspecified atom stereocenters. The van der Waals surface area contributed by atoms with Gasteiger partial charge in [-0.3, -0.25) is 0 Å². The minimum absolute atomic E-state index is 0.0589. The smallest absolute Gasteiger partial charge is 0.225 e. The van der Waals surface area contributed by atoms with Gasteiger partial charge in [0.1, 0.15) is 11.9 Å². The standard InChI is InChI=1S/C12H20O5/c1-7(13)4-5-8(2)16-12-11(15)6-10(14)9(3)17-12/h9-12,14-15H,2,4-6H2,1,3H3/t9?,10-,11+,12-/m1/s1. The molecule has 1 aliphatic heterocycles. The molecular formula is C12H20O5. The molecule has 1 rings (SSSR count). The summed E-state index contributed by atoms with van der Waals surface area (Å²) in [5, 5.41) is 19.1. The van der Waals surface area contributed by atoms with Gasteiger partial charge in [0, 0.05) is 19.3 Å². The van der Waals surface area contributed by atoms with Gasteiger partial charge in [-0.2, -0.15) is 0 Å². The predicted molar refractivity (Wildman–Crippen MR) is 61.1 cm³/mol. The highest BCUT2D eigenvalue weighted by molar-refractivity contribution is 5.75. The van der Waals surface area contributed by atoms with Crippen molar-refractivity contribution in [1.82, 2.24) is 0 Å². The molecule has 5 heteroatoms. The maximum atomic E-state index is 10.8. The number of Topliss-reactive ketones (excluding diaryl/α,β-unsaturated/α-hetero) is 1. The van der Waals surface area contributed by atoms with Gasteiger partial charge in [-0.1, -0.05) is 6.58 Å². The van der Waals surface area contributed by atoms with E-state index in [0.29, 0.717) is 18.6 Å². The highest BCUT2D eigenvalue weighted by Gasteiger charge is 2.35. The van der Waals surface area contributed by atoms with Crippen LogP contribution in [0.25, 0.3) is 0 Å². The Morgan fingerprint density at radius 2 is 2.06 bits per heavy atom. The number of allylic oxidation sites excluding steroid dienone is 1. The van der Waals surface area contributed by atoms with Crippen LogP contribution in [0.5, 0.6) is 0 Å². The summed E-state index contributed by atoms with van der Waals surface area (Å²) < 4.78 is 10.7. The van der Waals surface area contributed by atoms with Crippen molar-refractivity contribution < 1.29 is 24.5 Å². The molecule has 0 aliphatic carbocycles. The Labute approximate surface area is 101 Å². The van der Waals surface area contributed by atoms with Crippen LogP contribution in [0.4, 0.5) is 0 Å². The van der Waals surface area contributed by atoms with Crippen molar-refractivity contribution in [2.75, 3.05) is 0 Å². The summed E-state index contributed by atoms with van der Waals surface area (Å²) >= 11 is 0. The van der Waals surface area contributed by atoms with Gasteiger partial charge in [0.05, 0.1) is 18.0 Å². The number of rotatable bonds is 5. The SMILES string of the molecule is C=C(CCC(C)=O)O[C@@H]1OC(C)[C@H](O)C[C@@H]1O. The van der Waals surface area contributed by atoms with Gasteiger partial charge < -0.3 is 24.5 Å². The summed E-state index contributed by atoms with van der Waals surface area (Å²) in [7, 11) is 0. The fraction of sp³-hybridized carbons (Fsp3) is 0.750.